The Morgan fingerprint density at radius 2 is 2.20 bits per heavy atom. The van der Waals surface area contributed by atoms with Gasteiger partial charge in [0.2, 0.25) is 5.91 Å². The van der Waals surface area contributed by atoms with Gasteiger partial charge in [-0.25, -0.2) is 8.78 Å². The lowest BCUT2D eigenvalue weighted by atomic mass is 9.97. The highest BCUT2D eigenvalue weighted by Gasteiger charge is 2.27. The highest BCUT2D eigenvalue weighted by molar-refractivity contribution is 5.76. The Balaban J connectivity index is 2.52. The zero-order chi connectivity index (χ0) is 15.2. The standard InChI is InChI=1S/C14H20F2N2O2/c1-10(11-4-3-5-12(7-11)20-2)6-13(19)18-9-14(15,16)8-17/h3-5,7,10H,6,8-9,17H2,1-2H3,(H,18,19). The number of benzene rings is 1. The lowest BCUT2D eigenvalue weighted by Crippen LogP contribution is -2.41. The predicted molar refractivity (Wildman–Crippen MR) is 73.0 cm³/mol. The van der Waals surface area contributed by atoms with Gasteiger partial charge in [0, 0.05) is 6.42 Å². The van der Waals surface area contributed by atoms with E-state index in [1.807, 2.05) is 25.1 Å². The molecule has 1 rings (SSSR count). The average Bonchev–Trinajstić information content (AvgIpc) is 2.45. The first-order valence-electron chi connectivity index (χ1n) is 6.36. The fourth-order valence-corrected chi connectivity index (χ4v) is 1.72. The summed E-state index contributed by atoms with van der Waals surface area (Å²) in [6.45, 7) is 0.349. The Bertz CT molecular complexity index is 453. The molecular weight excluding hydrogens is 266 g/mol. The minimum absolute atomic E-state index is 0.0865. The highest BCUT2D eigenvalue weighted by Crippen LogP contribution is 2.23. The van der Waals surface area contributed by atoms with E-state index in [1.54, 1.807) is 13.2 Å². The van der Waals surface area contributed by atoms with Crippen molar-refractivity contribution in [3.8, 4) is 5.75 Å². The lowest BCUT2D eigenvalue weighted by Gasteiger charge is -2.16. The number of rotatable bonds is 7. The molecule has 0 saturated heterocycles. The molecule has 0 bridgehead atoms. The Labute approximate surface area is 117 Å². The van der Waals surface area contributed by atoms with Crippen LogP contribution in [0.3, 0.4) is 0 Å². The Hall–Kier alpha value is -1.69. The van der Waals surface area contributed by atoms with Crippen molar-refractivity contribution in [2.24, 2.45) is 5.73 Å². The van der Waals surface area contributed by atoms with E-state index in [0.29, 0.717) is 5.75 Å². The van der Waals surface area contributed by atoms with Crippen LogP contribution in [0.2, 0.25) is 0 Å². The summed E-state index contributed by atoms with van der Waals surface area (Å²) in [5.41, 5.74) is 5.82. The summed E-state index contributed by atoms with van der Waals surface area (Å²) in [5.74, 6) is -2.87. The minimum atomic E-state index is -3.06. The van der Waals surface area contributed by atoms with E-state index in [0.717, 1.165) is 5.56 Å². The van der Waals surface area contributed by atoms with Crippen molar-refractivity contribution in [3.63, 3.8) is 0 Å². The molecule has 1 unspecified atom stereocenters. The van der Waals surface area contributed by atoms with E-state index in [2.05, 4.69) is 5.32 Å². The fourth-order valence-electron chi connectivity index (χ4n) is 1.72. The molecular formula is C14H20F2N2O2. The Morgan fingerprint density at radius 3 is 2.80 bits per heavy atom. The first-order valence-corrected chi connectivity index (χ1v) is 6.36. The van der Waals surface area contributed by atoms with Gasteiger partial charge in [-0.15, -0.1) is 0 Å². The van der Waals surface area contributed by atoms with E-state index in [1.165, 1.54) is 0 Å². The monoisotopic (exact) mass is 286 g/mol. The third-order valence-corrected chi connectivity index (χ3v) is 3.00. The lowest BCUT2D eigenvalue weighted by molar-refractivity contribution is -0.123. The second-order valence-electron chi connectivity index (χ2n) is 4.72. The maximum Gasteiger partial charge on any atom is 0.277 e. The van der Waals surface area contributed by atoms with Crippen LogP contribution in [-0.2, 0) is 4.79 Å². The molecule has 20 heavy (non-hydrogen) atoms. The largest absolute Gasteiger partial charge is 0.497 e. The number of methoxy groups -OCH3 is 1. The van der Waals surface area contributed by atoms with Crippen molar-refractivity contribution in [3.05, 3.63) is 29.8 Å². The smallest absolute Gasteiger partial charge is 0.277 e. The van der Waals surface area contributed by atoms with Crippen LogP contribution in [0.15, 0.2) is 24.3 Å². The van der Waals surface area contributed by atoms with Gasteiger partial charge in [0.05, 0.1) is 20.2 Å². The van der Waals surface area contributed by atoms with E-state index in [9.17, 15) is 13.6 Å². The van der Waals surface area contributed by atoms with E-state index < -0.39 is 24.9 Å². The summed E-state index contributed by atoms with van der Waals surface area (Å²) >= 11 is 0. The quantitative estimate of drug-likeness (QED) is 0.804. The summed E-state index contributed by atoms with van der Waals surface area (Å²) in [5, 5.41) is 2.20. The molecule has 6 heteroatoms. The maximum absolute atomic E-state index is 12.9. The molecule has 1 aromatic rings. The van der Waals surface area contributed by atoms with Crippen LogP contribution >= 0.6 is 0 Å². The summed E-state index contributed by atoms with van der Waals surface area (Å²) < 4.78 is 30.9. The topological polar surface area (TPSA) is 64.3 Å². The first kappa shape index (κ1) is 16.4. The van der Waals surface area contributed by atoms with Gasteiger partial charge in [0.1, 0.15) is 5.75 Å². The third kappa shape index (κ3) is 5.13. The number of hydrogen-bond donors (Lipinski definition) is 2. The number of ether oxygens (including phenoxy) is 1. The van der Waals surface area contributed by atoms with Gasteiger partial charge in [-0.05, 0) is 23.6 Å². The molecule has 0 fully saturated rings. The summed E-state index contributed by atoms with van der Waals surface area (Å²) in [7, 11) is 1.56. The van der Waals surface area contributed by atoms with Crippen molar-refractivity contribution in [1.29, 1.82) is 0 Å². The molecule has 1 aromatic carbocycles. The van der Waals surface area contributed by atoms with E-state index >= 15 is 0 Å². The van der Waals surface area contributed by atoms with Crippen LogP contribution < -0.4 is 15.8 Å². The van der Waals surface area contributed by atoms with Gasteiger partial charge in [0.15, 0.2) is 0 Å². The molecule has 0 aliphatic rings. The molecule has 0 saturated carbocycles. The Kier molecular flexibility index (Phi) is 5.88. The summed E-state index contributed by atoms with van der Waals surface area (Å²) in [6, 6.07) is 7.32. The van der Waals surface area contributed by atoms with Gasteiger partial charge in [-0.1, -0.05) is 19.1 Å². The maximum atomic E-state index is 12.9. The molecule has 3 N–H and O–H groups in total. The molecule has 1 atom stereocenters. The van der Waals surface area contributed by atoms with Crippen LogP contribution in [0, 0.1) is 0 Å². The first-order chi connectivity index (χ1) is 9.38. The van der Waals surface area contributed by atoms with Gasteiger partial charge in [-0.3, -0.25) is 4.79 Å². The van der Waals surface area contributed by atoms with Gasteiger partial charge in [0.25, 0.3) is 5.92 Å². The molecule has 0 heterocycles. The number of amides is 1. The number of carbonyl (C=O) groups is 1. The summed E-state index contributed by atoms with van der Waals surface area (Å²) in [4.78, 5) is 11.6. The number of hydrogen-bond acceptors (Lipinski definition) is 3. The Morgan fingerprint density at radius 1 is 1.50 bits per heavy atom. The zero-order valence-corrected chi connectivity index (χ0v) is 11.7. The average molecular weight is 286 g/mol. The van der Waals surface area contributed by atoms with Crippen molar-refractivity contribution < 1.29 is 18.3 Å². The zero-order valence-electron chi connectivity index (χ0n) is 11.7. The minimum Gasteiger partial charge on any atom is -0.497 e. The normalized spacial score (nSPS) is 12.8. The number of nitrogens with two attached hydrogens (primary N) is 1. The van der Waals surface area contributed by atoms with Crippen LogP contribution in [0.1, 0.15) is 24.8 Å². The number of nitrogens with one attached hydrogen (secondary N) is 1. The van der Waals surface area contributed by atoms with Gasteiger partial charge < -0.3 is 15.8 Å². The van der Waals surface area contributed by atoms with E-state index in [4.69, 9.17) is 10.5 Å². The van der Waals surface area contributed by atoms with Crippen LogP contribution in [0.5, 0.6) is 5.75 Å². The van der Waals surface area contributed by atoms with Crippen LogP contribution in [0.25, 0.3) is 0 Å². The second-order valence-corrected chi connectivity index (χ2v) is 4.72. The highest BCUT2D eigenvalue weighted by atomic mass is 19.3. The van der Waals surface area contributed by atoms with Gasteiger partial charge >= 0.3 is 0 Å². The van der Waals surface area contributed by atoms with Crippen LogP contribution in [0.4, 0.5) is 8.78 Å². The fraction of sp³-hybridized carbons (Fsp3) is 0.500. The van der Waals surface area contributed by atoms with Crippen LogP contribution in [-0.4, -0.2) is 32.0 Å². The molecule has 4 nitrogen and oxygen atoms in total. The number of carbonyl (C=O) groups excluding carboxylic acids is 1. The SMILES string of the molecule is COc1cccc(C(C)CC(=O)NCC(F)(F)CN)c1. The molecule has 0 aliphatic carbocycles. The summed E-state index contributed by atoms with van der Waals surface area (Å²) in [6.07, 6.45) is 0.133. The predicted octanol–water partition coefficient (Wildman–Crippen LogP) is 1.90. The second kappa shape index (κ2) is 7.19. The molecule has 0 radical (unpaired) electrons. The van der Waals surface area contributed by atoms with E-state index in [-0.39, 0.29) is 12.3 Å². The molecule has 112 valence electrons. The molecule has 0 aromatic heterocycles. The molecule has 1 amide bonds. The van der Waals surface area contributed by atoms with Crippen molar-refractivity contribution in [1.82, 2.24) is 5.32 Å². The number of alkyl halides is 2. The van der Waals surface area contributed by atoms with Gasteiger partial charge in [-0.2, -0.15) is 0 Å². The van der Waals surface area contributed by atoms with Crippen molar-refractivity contribution in [2.75, 3.05) is 20.2 Å². The molecule has 0 spiro atoms. The molecule has 0 aliphatic heterocycles. The van der Waals surface area contributed by atoms with Crippen molar-refractivity contribution in [2.45, 2.75) is 25.2 Å². The van der Waals surface area contributed by atoms with Crippen molar-refractivity contribution >= 4 is 5.91 Å². The number of halogens is 2. The third-order valence-electron chi connectivity index (χ3n) is 3.00.